The first-order valence-electron chi connectivity index (χ1n) is 6.48. The van der Waals surface area contributed by atoms with E-state index < -0.39 is 0 Å². The van der Waals surface area contributed by atoms with E-state index in [0.29, 0.717) is 11.5 Å². The number of nitrogens with zero attached hydrogens (tertiary/aromatic N) is 4. The van der Waals surface area contributed by atoms with Crippen molar-refractivity contribution >= 4 is 44.1 Å². The molecule has 0 atom stereocenters. The maximum Gasteiger partial charge on any atom is 0.658 e. The van der Waals surface area contributed by atoms with Crippen LogP contribution in [-0.2, 0) is 0 Å². The van der Waals surface area contributed by atoms with E-state index >= 15 is 0 Å². The number of aromatic nitrogens is 2. The molecule has 125 valence electrons. The highest BCUT2D eigenvalue weighted by molar-refractivity contribution is 6.20. The third-order valence-corrected chi connectivity index (χ3v) is 2.73. The Morgan fingerprint density at radius 3 is 1.39 bits per heavy atom. The van der Waals surface area contributed by atoms with Crippen LogP contribution in [0.25, 0.3) is 0 Å². The summed E-state index contributed by atoms with van der Waals surface area (Å²) in [7, 11) is 8.99. The fourth-order valence-electron chi connectivity index (χ4n) is 1.55. The minimum absolute atomic E-state index is 0. The highest BCUT2D eigenvalue weighted by Crippen LogP contribution is 2.15. The molecule has 2 aromatic heterocycles. The molecule has 0 saturated carbocycles. The Morgan fingerprint density at radius 1 is 0.739 bits per heavy atom. The Morgan fingerprint density at radius 2 is 1.13 bits per heavy atom. The number of hydrogen-bond acceptors (Lipinski definition) is 6. The van der Waals surface area contributed by atoms with Crippen LogP contribution in [0.1, 0.15) is 0 Å². The molecule has 0 saturated heterocycles. The zero-order chi connectivity index (χ0) is 15.2. The monoisotopic (exact) mass is 357 g/mol. The molecule has 0 spiro atoms. The maximum atomic E-state index is 5.36. The van der Waals surface area contributed by atoms with E-state index in [4.69, 9.17) is 9.31 Å². The predicted octanol–water partition coefficient (Wildman–Crippen LogP) is 2.44. The van der Waals surface area contributed by atoms with Crippen molar-refractivity contribution in [1.29, 1.82) is 0 Å². The molecule has 2 heterocycles. The molecule has 1 radical (unpaired) electrons. The summed E-state index contributed by atoms with van der Waals surface area (Å²) in [4.78, 5) is 12.3. The number of halogens is 2. The molecular formula is C14H20BCl2N4O2. The van der Waals surface area contributed by atoms with E-state index in [2.05, 4.69) is 9.97 Å². The van der Waals surface area contributed by atoms with Gasteiger partial charge in [-0.1, -0.05) is 0 Å². The van der Waals surface area contributed by atoms with Gasteiger partial charge in [0.15, 0.2) is 0 Å². The van der Waals surface area contributed by atoms with Gasteiger partial charge in [0, 0.05) is 28.2 Å². The summed E-state index contributed by atoms with van der Waals surface area (Å²) >= 11 is 0. The van der Waals surface area contributed by atoms with Crippen molar-refractivity contribution < 1.29 is 9.31 Å². The SMILES string of the molecule is CN(C)c1ccc(O[B]Oc2ccc(N(C)C)nc2)cn1.Cl.Cl. The van der Waals surface area contributed by atoms with Gasteiger partial charge in [-0.15, -0.1) is 24.8 Å². The van der Waals surface area contributed by atoms with Gasteiger partial charge in [0.1, 0.15) is 23.1 Å². The van der Waals surface area contributed by atoms with E-state index in [-0.39, 0.29) is 24.8 Å². The third-order valence-electron chi connectivity index (χ3n) is 2.73. The van der Waals surface area contributed by atoms with Gasteiger partial charge in [-0.3, -0.25) is 0 Å². The standard InChI is InChI=1S/C14H18BN4O2.2ClH/c1-18(2)13-7-5-11(9-16-13)20-15-21-12-6-8-14(17-10-12)19(3)4;;/h5-10H,1-4H3;2*1H. The van der Waals surface area contributed by atoms with Crippen molar-refractivity contribution in [3.05, 3.63) is 36.7 Å². The Kier molecular flexibility index (Phi) is 9.21. The van der Waals surface area contributed by atoms with Crippen LogP contribution in [0.3, 0.4) is 0 Å². The molecule has 2 rings (SSSR count). The summed E-state index contributed by atoms with van der Waals surface area (Å²) in [5.41, 5.74) is 0. The largest absolute Gasteiger partial charge is 0.658 e. The molecule has 0 unspecified atom stereocenters. The first-order chi connectivity index (χ1) is 10.1. The second-order valence-corrected chi connectivity index (χ2v) is 4.82. The van der Waals surface area contributed by atoms with Crippen molar-refractivity contribution in [2.24, 2.45) is 0 Å². The molecule has 9 heteroatoms. The molecule has 0 aliphatic heterocycles. The minimum atomic E-state index is 0. The lowest BCUT2D eigenvalue weighted by atomic mass is 10.3. The third kappa shape index (κ3) is 6.42. The van der Waals surface area contributed by atoms with Crippen LogP contribution in [0, 0.1) is 0 Å². The summed E-state index contributed by atoms with van der Waals surface area (Å²) in [5, 5.41) is 0. The van der Waals surface area contributed by atoms with Gasteiger partial charge >= 0.3 is 7.69 Å². The Hall–Kier alpha value is -1.86. The summed E-state index contributed by atoms with van der Waals surface area (Å²) < 4.78 is 10.7. The smallest absolute Gasteiger partial charge is 0.525 e. The summed E-state index contributed by atoms with van der Waals surface area (Å²) in [6.07, 6.45) is 3.28. The van der Waals surface area contributed by atoms with Crippen molar-refractivity contribution in [2.75, 3.05) is 38.0 Å². The fourth-order valence-corrected chi connectivity index (χ4v) is 1.55. The molecular weight excluding hydrogens is 338 g/mol. The van der Waals surface area contributed by atoms with Crippen LogP contribution in [0.4, 0.5) is 11.6 Å². The van der Waals surface area contributed by atoms with Crippen molar-refractivity contribution in [1.82, 2.24) is 9.97 Å². The van der Waals surface area contributed by atoms with Crippen molar-refractivity contribution in [2.45, 2.75) is 0 Å². The van der Waals surface area contributed by atoms with E-state index in [0.717, 1.165) is 11.6 Å². The molecule has 0 aromatic carbocycles. The first kappa shape index (κ1) is 21.1. The van der Waals surface area contributed by atoms with Crippen LogP contribution in [-0.4, -0.2) is 45.8 Å². The molecule has 0 amide bonds. The second kappa shape index (κ2) is 10.0. The molecule has 6 nitrogen and oxygen atoms in total. The van der Waals surface area contributed by atoms with Gasteiger partial charge in [0.25, 0.3) is 0 Å². The average molecular weight is 358 g/mol. The van der Waals surface area contributed by atoms with Gasteiger partial charge in [-0.05, 0) is 24.3 Å². The lowest BCUT2D eigenvalue weighted by Gasteiger charge is -2.12. The van der Waals surface area contributed by atoms with Crippen LogP contribution in [0.15, 0.2) is 36.7 Å². The first-order valence-corrected chi connectivity index (χ1v) is 6.48. The van der Waals surface area contributed by atoms with Gasteiger partial charge in [0.05, 0.1) is 12.4 Å². The molecule has 0 aliphatic carbocycles. The van der Waals surface area contributed by atoms with E-state index in [1.54, 1.807) is 12.4 Å². The lowest BCUT2D eigenvalue weighted by molar-refractivity contribution is 0.456. The van der Waals surface area contributed by atoms with Gasteiger partial charge in [-0.25, -0.2) is 9.97 Å². The van der Waals surface area contributed by atoms with Crippen LogP contribution in [0.5, 0.6) is 11.5 Å². The summed E-state index contributed by atoms with van der Waals surface area (Å²) in [5.74, 6) is 2.95. The van der Waals surface area contributed by atoms with E-state index in [9.17, 15) is 0 Å². The molecule has 0 N–H and O–H groups in total. The average Bonchev–Trinajstić information content (AvgIpc) is 2.48. The molecule has 0 fully saturated rings. The van der Waals surface area contributed by atoms with Gasteiger partial charge in [0.2, 0.25) is 0 Å². The number of pyridine rings is 2. The topological polar surface area (TPSA) is 50.7 Å². The Labute approximate surface area is 149 Å². The van der Waals surface area contributed by atoms with Crippen LogP contribution < -0.4 is 19.1 Å². The number of anilines is 2. The quantitative estimate of drug-likeness (QED) is 0.740. The van der Waals surface area contributed by atoms with Crippen molar-refractivity contribution in [3.8, 4) is 11.5 Å². The molecule has 0 aliphatic rings. The highest BCUT2D eigenvalue weighted by atomic mass is 35.5. The maximum absolute atomic E-state index is 5.36. The Bertz CT molecular complexity index is 516. The zero-order valence-corrected chi connectivity index (χ0v) is 15.1. The van der Waals surface area contributed by atoms with Gasteiger partial charge in [-0.2, -0.15) is 0 Å². The highest BCUT2D eigenvalue weighted by Gasteiger charge is 2.04. The molecule has 23 heavy (non-hydrogen) atoms. The number of rotatable bonds is 6. The fraction of sp³-hybridized carbons (Fsp3) is 0.286. The van der Waals surface area contributed by atoms with E-state index in [1.165, 1.54) is 7.69 Å². The molecule has 2 aromatic rings. The number of hydrogen-bond donors (Lipinski definition) is 0. The van der Waals surface area contributed by atoms with Crippen LogP contribution in [0.2, 0.25) is 0 Å². The minimum Gasteiger partial charge on any atom is -0.525 e. The second-order valence-electron chi connectivity index (χ2n) is 4.82. The van der Waals surface area contributed by atoms with Crippen LogP contribution >= 0.6 is 24.8 Å². The summed E-state index contributed by atoms with van der Waals surface area (Å²) in [6, 6.07) is 7.40. The zero-order valence-electron chi connectivity index (χ0n) is 13.5. The molecule has 0 bridgehead atoms. The Balaban J connectivity index is 0.00000242. The van der Waals surface area contributed by atoms with Crippen molar-refractivity contribution in [3.63, 3.8) is 0 Å². The summed E-state index contributed by atoms with van der Waals surface area (Å²) in [6.45, 7) is 0. The normalized spacial score (nSPS) is 9.04. The lowest BCUT2D eigenvalue weighted by Crippen LogP contribution is -2.13. The predicted molar refractivity (Wildman–Crippen MR) is 98.6 cm³/mol. The van der Waals surface area contributed by atoms with E-state index in [1.807, 2.05) is 62.3 Å². The van der Waals surface area contributed by atoms with Gasteiger partial charge < -0.3 is 19.1 Å².